The fourth-order valence-electron chi connectivity index (χ4n) is 4.81. The Balaban J connectivity index is 1.09. The van der Waals surface area contributed by atoms with Gasteiger partial charge in [0.15, 0.2) is 11.5 Å². The first-order valence-corrected chi connectivity index (χ1v) is 12.2. The Hall–Kier alpha value is -3.15. The fourth-order valence-corrected chi connectivity index (χ4v) is 4.81. The molecule has 6 heteroatoms. The lowest BCUT2D eigenvalue weighted by atomic mass is 9.99. The van der Waals surface area contributed by atoms with Crippen LogP contribution < -0.4 is 19.7 Å². The normalized spacial score (nSPS) is 18.0. The average Bonchev–Trinajstić information content (AvgIpc) is 2.89. The van der Waals surface area contributed by atoms with Crippen molar-refractivity contribution < 1.29 is 14.3 Å². The molecule has 1 N–H and O–H groups in total. The molecule has 0 aromatic heterocycles. The second kappa shape index (κ2) is 10.2. The van der Waals surface area contributed by atoms with Crippen LogP contribution >= 0.6 is 0 Å². The minimum Gasteiger partial charge on any atom is -0.486 e. The molecule has 1 fully saturated rings. The van der Waals surface area contributed by atoms with E-state index in [0.29, 0.717) is 26.3 Å². The molecule has 2 aromatic rings. The number of piperidine rings is 1. The molecule has 0 saturated carbocycles. The molecule has 3 heterocycles. The number of urea groups is 1. The average molecular weight is 448 g/mol. The second-order valence-corrected chi connectivity index (χ2v) is 8.98. The van der Waals surface area contributed by atoms with Crippen molar-refractivity contribution in [2.24, 2.45) is 0 Å². The Bertz CT molecular complexity index is 996. The maximum absolute atomic E-state index is 12.6. The van der Waals surface area contributed by atoms with Gasteiger partial charge in [-0.1, -0.05) is 24.3 Å². The molecule has 2 amide bonds. The minimum absolute atomic E-state index is 0.0115. The Morgan fingerprint density at radius 1 is 0.909 bits per heavy atom. The van der Waals surface area contributed by atoms with Crippen LogP contribution in [-0.4, -0.2) is 56.9 Å². The highest BCUT2D eigenvalue weighted by molar-refractivity contribution is 5.77. The number of nitrogens with zero attached hydrogens (tertiary/aromatic N) is 2. The van der Waals surface area contributed by atoms with E-state index in [1.807, 2.05) is 17.0 Å². The third-order valence-electron chi connectivity index (χ3n) is 6.76. The highest BCUT2D eigenvalue weighted by Gasteiger charge is 2.19. The SMILES string of the molecule is O=C(NCCc1ccc(N2CCCCC2)cc1)N1CC=C(c2ccc3c(c2)OCCO3)CC1. The zero-order valence-corrected chi connectivity index (χ0v) is 19.2. The van der Waals surface area contributed by atoms with Gasteiger partial charge < -0.3 is 24.6 Å². The third kappa shape index (κ3) is 5.27. The predicted octanol–water partition coefficient (Wildman–Crippen LogP) is 4.49. The molecule has 3 aliphatic rings. The molecule has 33 heavy (non-hydrogen) atoms. The largest absolute Gasteiger partial charge is 0.486 e. The molecule has 0 spiro atoms. The van der Waals surface area contributed by atoms with Gasteiger partial charge >= 0.3 is 6.03 Å². The van der Waals surface area contributed by atoms with E-state index in [9.17, 15) is 4.79 Å². The van der Waals surface area contributed by atoms with E-state index >= 15 is 0 Å². The molecule has 0 aliphatic carbocycles. The summed E-state index contributed by atoms with van der Waals surface area (Å²) in [7, 11) is 0. The summed E-state index contributed by atoms with van der Waals surface area (Å²) >= 11 is 0. The molecule has 5 rings (SSSR count). The number of hydrogen-bond acceptors (Lipinski definition) is 4. The maximum atomic E-state index is 12.6. The predicted molar refractivity (Wildman–Crippen MR) is 131 cm³/mol. The lowest BCUT2D eigenvalue weighted by molar-refractivity contribution is 0.171. The monoisotopic (exact) mass is 447 g/mol. The summed E-state index contributed by atoms with van der Waals surface area (Å²) in [5.74, 6) is 1.62. The van der Waals surface area contributed by atoms with Gasteiger partial charge in [0.2, 0.25) is 0 Å². The molecule has 0 radical (unpaired) electrons. The standard InChI is InChI=1S/C27H33N3O3/c31-27(28-13-10-21-4-7-24(8-5-21)29-14-2-1-3-15-29)30-16-11-22(12-17-30)23-6-9-25-26(20-23)33-19-18-32-25/h4-9,11,20H,1-3,10,12-19H2,(H,28,31). The molecular weight excluding hydrogens is 414 g/mol. The first-order valence-electron chi connectivity index (χ1n) is 12.2. The number of ether oxygens (including phenoxy) is 2. The van der Waals surface area contributed by atoms with E-state index < -0.39 is 0 Å². The molecule has 174 valence electrons. The summed E-state index contributed by atoms with van der Waals surface area (Å²) in [5.41, 5.74) is 4.98. The van der Waals surface area contributed by atoms with Crippen molar-refractivity contribution in [2.45, 2.75) is 32.1 Å². The number of nitrogens with one attached hydrogen (secondary N) is 1. The van der Waals surface area contributed by atoms with Crippen molar-refractivity contribution in [2.75, 3.05) is 50.8 Å². The summed E-state index contributed by atoms with van der Waals surface area (Å²) in [5, 5.41) is 3.09. The molecule has 1 saturated heterocycles. The lowest BCUT2D eigenvalue weighted by Crippen LogP contribution is -2.42. The Kier molecular flexibility index (Phi) is 6.70. The van der Waals surface area contributed by atoms with Crippen molar-refractivity contribution in [3.63, 3.8) is 0 Å². The van der Waals surface area contributed by atoms with Crippen molar-refractivity contribution in [1.29, 1.82) is 0 Å². The summed E-state index contributed by atoms with van der Waals surface area (Å²) in [6.07, 6.45) is 7.76. The van der Waals surface area contributed by atoms with E-state index in [2.05, 4.69) is 46.6 Å². The zero-order chi connectivity index (χ0) is 22.5. The molecule has 0 atom stereocenters. The molecule has 0 unspecified atom stereocenters. The van der Waals surface area contributed by atoms with Gasteiger partial charge in [0.05, 0.1) is 0 Å². The topological polar surface area (TPSA) is 54.0 Å². The summed E-state index contributed by atoms with van der Waals surface area (Å²) in [4.78, 5) is 17.0. The third-order valence-corrected chi connectivity index (χ3v) is 6.76. The molecule has 3 aliphatic heterocycles. The van der Waals surface area contributed by atoms with Crippen LogP contribution in [0.2, 0.25) is 0 Å². The van der Waals surface area contributed by atoms with Crippen molar-refractivity contribution in [3.05, 3.63) is 59.7 Å². The van der Waals surface area contributed by atoms with Crippen LogP contribution in [0, 0.1) is 0 Å². The van der Waals surface area contributed by atoms with Crippen LogP contribution in [0.25, 0.3) is 5.57 Å². The van der Waals surface area contributed by atoms with E-state index in [4.69, 9.17) is 9.47 Å². The van der Waals surface area contributed by atoms with Gasteiger partial charge in [-0.15, -0.1) is 0 Å². The van der Waals surface area contributed by atoms with Gasteiger partial charge in [-0.3, -0.25) is 0 Å². The van der Waals surface area contributed by atoms with Gasteiger partial charge in [0.25, 0.3) is 0 Å². The minimum atomic E-state index is 0.0115. The number of hydrogen-bond donors (Lipinski definition) is 1. The number of benzene rings is 2. The van der Waals surface area contributed by atoms with Crippen LogP contribution in [-0.2, 0) is 6.42 Å². The van der Waals surface area contributed by atoms with Gasteiger partial charge in [-0.25, -0.2) is 4.79 Å². The number of anilines is 1. The summed E-state index contributed by atoms with van der Waals surface area (Å²) in [6, 6.07) is 14.9. The van der Waals surface area contributed by atoms with Gasteiger partial charge in [0, 0.05) is 38.4 Å². The lowest BCUT2D eigenvalue weighted by Gasteiger charge is -2.29. The van der Waals surface area contributed by atoms with E-state index in [0.717, 1.165) is 49.5 Å². The van der Waals surface area contributed by atoms with Crippen LogP contribution in [0.3, 0.4) is 0 Å². The van der Waals surface area contributed by atoms with Crippen LogP contribution in [0.5, 0.6) is 11.5 Å². The van der Waals surface area contributed by atoms with E-state index in [-0.39, 0.29) is 6.03 Å². The van der Waals surface area contributed by atoms with Crippen LogP contribution in [0.15, 0.2) is 48.5 Å². The van der Waals surface area contributed by atoms with Crippen molar-refractivity contribution >= 4 is 17.3 Å². The van der Waals surface area contributed by atoms with E-state index in [1.165, 1.54) is 36.1 Å². The van der Waals surface area contributed by atoms with Gasteiger partial charge in [-0.05, 0) is 73.1 Å². The molecule has 6 nitrogen and oxygen atoms in total. The number of carbonyl (C=O) groups is 1. The zero-order valence-electron chi connectivity index (χ0n) is 19.2. The number of carbonyl (C=O) groups excluding carboxylic acids is 1. The first-order chi connectivity index (χ1) is 16.3. The second-order valence-electron chi connectivity index (χ2n) is 8.98. The smallest absolute Gasteiger partial charge is 0.317 e. The van der Waals surface area contributed by atoms with Crippen molar-refractivity contribution in [3.8, 4) is 11.5 Å². The van der Waals surface area contributed by atoms with Gasteiger partial charge in [-0.2, -0.15) is 0 Å². The fraction of sp³-hybridized carbons (Fsp3) is 0.444. The number of fused-ring (bicyclic) bond motifs is 1. The molecule has 0 bridgehead atoms. The number of rotatable bonds is 5. The Labute approximate surface area is 196 Å². The number of amides is 2. The Morgan fingerprint density at radius 2 is 1.70 bits per heavy atom. The molecule has 2 aromatic carbocycles. The summed E-state index contributed by atoms with van der Waals surface area (Å²) in [6.45, 7) is 5.51. The highest BCUT2D eigenvalue weighted by Crippen LogP contribution is 2.34. The highest BCUT2D eigenvalue weighted by atomic mass is 16.6. The van der Waals surface area contributed by atoms with Crippen LogP contribution in [0.1, 0.15) is 36.8 Å². The first kappa shape index (κ1) is 21.7. The molecular formula is C27H33N3O3. The van der Waals surface area contributed by atoms with Crippen molar-refractivity contribution in [1.82, 2.24) is 10.2 Å². The Morgan fingerprint density at radius 3 is 2.45 bits per heavy atom. The maximum Gasteiger partial charge on any atom is 0.317 e. The quantitative estimate of drug-likeness (QED) is 0.734. The van der Waals surface area contributed by atoms with E-state index in [1.54, 1.807) is 0 Å². The summed E-state index contributed by atoms with van der Waals surface area (Å²) < 4.78 is 11.3. The van der Waals surface area contributed by atoms with Crippen LogP contribution in [0.4, 0.5) is 10.5 Å². The van der Waals surface area contributed by atoms with Gasteiger partial charge in [0.1, 0.15) is 13.2 Å².